The highest BCUT2D eigenvalue weighted by molar-refractivity contribution is 5.76. The number of rotatable bonds is 4. The third kappa shape index (κ3) is 3.42. The quantitative estimate of drug-likeness (QED) is 0.575. The van der Waals surface area contributed by atoms with Crippen LogP contribution in [-0.4, -0.2) is 37.8 Å². The number of fused-ring (bicyclic) bond motifs is 1. The summed E-state index contributed by atoms with van der Waals surface area (Å²) in [6.45, 7) is 1.63. The second-order valence-corrected chi connectivity index (χ2v) is 6.89. The summed E-state index contributed by atoms with van der Waals surface area (Å²) in [5.41, 5.74) is 1.17. The van der Waals surface area contributed by atoms with Crippen molar-refractivity contribution in [1.29, 1.82) is 0 Å². The topological polar surface area (TPSA) is 88.9 Å². The van der Waals surface area contributed by atoms with Crippen molar-refractivity contribution in [2.45, 2.75) is 12.5 Å². The summed E-state index contributed by atoms with van der Waals surface area (Å²) in [6.07, 6.45) is 7.35. The van der Waals surface area contributed by atoms with Crippen LogP contribution >= 0.6 is 0 Å². The second-order valence-electron chi connectivity index (χ2n) is 6.89. The van der Waals surface area contributed by atoms with Crippen LogP contribution in [0.5, 0.6) is 11.8 Å². The van der Waals surface area contributed by atoms with Gasteiger partial charge >= 0.3 is 6.01 Å². The molecule has 8 nitrogen and oxygen atoms in total. The number of H-pyrrole nitrogens is 1. The Morgan fingerprint density at radius 3 is 2.90 bits per heavy atom. The van der Waals surface area contributed by atoms with Crippen LogP contribution in [0.1, 0.15) is 12.5 Å². The van der Waals surface area contributed by atoms with E-state index in [0.717, 1.165) is 25.2 Å². The molecule has 0 radical (unpaired) electrons. The number of aromatic amines is 1. The van der Waals surface area contributed by atoms with Gasteiger partial charge in [-0.25, -0.2) is 4.39 Å². The summed E-state index contributed by atoms with van der Waals surface area (Å²) in [4.78, 5) is 25.2. The third-order valence-corrected chi connectivity index (χ3v) is 5.01. The number of pyridine rings is 1. The minimum absolute atomic E-state index is 0.0920. The largest absolute Gasteiger partial charge is 0.422 e. The third-order valence-electron chi connectivity index (χ3n) is 5.01. The van der Waals surface area contributed by atoms with Gasteiger partial charge in [-0.2, -0.15) is 10.1 Å². The van der Waals surface area contributed by atoms with Gasteiger partial charge in [0.15, 0.2) is 5.75 Å². The fourth-order valence-electron chi connectivity index (χ4n) is 3.55. The van der Waals surface area contributed by atoms with Gasteiger partial charge in [-0.3, -0.25) is 19.4 Å². The Labute approximate surface area is 164 Å². The lowest BCUT2D eigenvalue weighted by Crippen LogP contribution is -2.20. The van der Waals surface area contributed by atoms with Crippen molar-refractivity contribution in [3.05, 3.63) is 71.3 Å². The number of nitrogens with one attached hydrogen (secondary N) is 1. The fraction of sp³-hybridized carbons (Fsp3) is 0.200. The molecule has 5 rings (SSSR count). The van der Waals surface area contributed by atoms with Gasteiger partial charge in [0, 0.05) is 25.0 Å². The molecule has 146 valence electrons. The van der Waals surface area contributed by atoms with Crippen molar-refractivity contribution in [1.82, 2.24) is 24.7 Å². The first-order valence-electron chi connectivity index (χ1n) is 9.22. The standard InChI is InChI=1S/C20H17FN6O2/c21-13-1-3-14(4-2-13)26-8-6-15(11-26)27-12-16(9-23-27)29-20-24-18-10-22-7-5-17(18)19(28)25-20/h1-5,7,9-10,12,15H,6,8,11H2,(H,24,25,28)/t15-/m1/s1. The Hall–Kier alpha value is -3.75. The lowest BCUT2D eigenvalue weighted by molar-refractivity contribution is 0.438. The maximum Gasteiger partial charge on any atom is 0.302 e. The maximum absolute atomic E-state index is 13.1. The number of benzene rings is 1. The van der Waals surface area contributed by atoms with Crippen LogP contribution in [-0.2, 0) is 0 Å². The molecule has 0 saturated carbocycles. The van der Waals surface area contributed by atoms with Gasteiger partial charge in [0.1, 0.15) is 5.82 Å². The Morgan fingerprint density at radius 2 is 2.03 bits per heavy atom. The van der Waals surface area contributed by atoms with Crippen LogP contribution < -0.4 is 15.2 Å². The highest BCUT2D eigenvalue weighted by Gasteiger charge is 2.25. The monoisotopic (exact) mass is 392 g/mol. The van der Waals surface area contributed by atoms with E-state index in [1.165, 1.54) is 18.3 Å². The first-order valence-corrected chi connectivity index (χ1v) is 9.22. The minimum atomic E-state index is -0.287. The van der Waals surface area contributed by atoms with Crippen molar-refractivity contribution >= 4 is 16.6 Å². The van der Waals surface area contributed by atoms with Crippen LogP contribution in [0, 0.1) is 5.82 Å². The van der Waals surface area contributed by atoms with Crippen LogP contribution in [0.25, 0.3) is 10.9 Å². The molecule has 0 spiro atoms. The Kier molecular flexibility index (Phi) is 4.19. The highest BCUT2D eigenvalue weighted by Crippen LogP contribution is 2.28. The van der Waals surface area contributed by atoms with E-state index in [-0.39, 0.29) is 23.4 Å². The van der Waals surface area contributed by atoms with E-state index in [2.05, 4.69) is 25.0 Å². The molecule has 0 aliphatic carbocycles. The summed E-state index contributed by atoms with van der Waals surface area (Å²) < 4.78 is 20.7. The summed E-state index contributed by atoms with van der Waals surface area (Å²) >= 11 is 0. The van der Waals surface area contributed by atoms with Crippen LogP contribution in [0.15, 0.2) is 59.9 Å². The molecule has 3 aromatic heterocycles. The molecule has 1 atom stereocenters. The summed E-state index contributed by atoms with van der Waals surface area (Å²) in [7, 11) is 0. The summed E-state index contributed by atoms with van der Waals surface area (Å²) in [5, 5.41) is 4.85. The van der Waals surface area contributed by atoms with E-state index >= 15 is 0 Å². The molecule has 1 aliphatic rings. The van der Waals surface area contributed by atoms with E-state index in [0.29, 0.717) is 16.7 Å². The van der Waals surface area contributed by atoms with Gasteiger partial charge in [-0.1, -0.05) is 0 Å². The smallest absolute Gasteiger partial charge is 0.302 e. The van der Waals surface area contributed by atoms with E-state index in [1.54, 1.807) is 36.8 Å². The molecular weight excluding hydrogens is 375 g/mol. The zero-order chi connectivity index (χ0) is 19.8. The summed E-state index contributed by atoms with van der Waals surface area (Å²) in [6, 6.07) is 8.37. The van der Waals surface area contributed by atoms with Gasteiger partial charge in [0.2, 0.25) is 0 Å². The Balaban J connectivity index is 1.31. The molecule has 1 saturated heterocycles. The number of halogens is 1. The molecule has 0 unspecified atom stereocenters. The van der Waals surface area contributed by atoms with Crippen molar-refractivity contribution in [3.63, 3.8) is 0 Å². The molecule has 1 aliphatic heterocycles. The first-order chi connectivity index (χ1) is 14.2. The van der Waals surface area contributed by atoms with E-state index < -0.39 is 0 Å². The molecular formula is C20H17FN6O2. The van der Waals surface area contributed by atoms with Gasteiger partial charge in [0.05, 0.1) is 35.5 Å². The number of hydrogen-bond acceptors (Lipinski definition) is 6. The Morgan fingerprint density at radius 1 is 1.17 bits per heavy atom. The van der Waals surface area contributed by atoms with Crippen molar-refractivity contribution in [2.75, 3.05) is 18.0 Å². The predicted octanol–water partition coefficient (Wildman–Crippen LogP) is 2.90. The normalized spacial score (nSPS) is 16.4. The molecule has 1 aromatic carbocycles. The number of nitrogens with zero attached hydrogens (tertiary/aromatic N) is 5. The van der Waals surface area contributed by atoms with E-state index in [1.807, 2.05) is 4.68 Å². The number of ether oxygens (including phenoxy) is 1. The molecule has 1 fully saturated rings. The molecule has 4 aromatic rings. The number of aromatic nitrogens is 5. The van der Waals surface area contributed by atoms with Gasteiger partial charge in [-0.05, 0) is 36.8 Å². The maximum atomic E-state index is 13.1. The van der Waals surface area contributed by atoms with Gasteiger partial charge in [0.25, 0.3) is 5.56 Å². The lowest BCUT2D eigenvalue weighted by atomic mass is 10.3. The summed E-state index contributed by atoms with van der Waals surface area (Å²) in [5.74, 6) is 0.242. The molecule has 9 heteroatoms. The molecule has 0 bridgehead atoms. The lowest BCUT2D eigenvalue weighted by Gasteiger charge is -2.18. The SMILES string of the molecule is O=c1[nH]c(Oc2cnn([C@@H]3CCN(c4ccc(F)cc4)C3)c2)nc2cnccc12. The van der Waals surface area contributed by atoms with Crippen LogP contribution in [0.4, 0.5) is 10.1 Å². The first kappa shape index (κ1) is 17.4. The average molecular weight is 392 g/mol. The number of anilines is 1. The highest BCUT2D eigenvalue weighted by atomic mass is 19.1. The second kappa shape index (κ2) is 7.01. The fourth-order valence-corrected chi connectivity index (χ4v) is 3.55. The molecule has 1 N–H and O–H groups in total. The molecule has 29 heavy (non-hydrogen) atoms. The molecule has 4 heterocycles. The van der Waals surface area contributed by atoms with E-state index in [9.17, 15) is 9.18 Å². The number of hydrogen-bond donors (Lipinski definition) is 1. The predicted molar refractivity (Wildman–Crippen MR) is 105 cm³/mol. The van der Waals surface area contributed by atoms with Crippen molar-refractivity contribution < 1.29 is 9.13 Å². The zero-order valence-electron chi connectivity index (χ0n) is 15.3. The van der Waals surface area contributed by atoms with E-state index in [4.69, 9.17) is 4.74 Å². The average Bonchev–Trinajstić information content (AvgIpc) is 3.38. The van der Waals surface area contributed by atoms with Gasteiger partial charge in [-0.15, -0.1) is 0 Å². The Bertz CT molecular complexity index is 1220. The van der Waals surface area contributed by atoms with Crippen molar-refractivity contribution in [3.8, 4) is 11.8 Å². The van der Waals surface area contributed by atoms with Crippen molar-refractivity contribution in [2.24, 2.45) is 0 Å². The zero-order valence-corrected chi connectivity index (χ0v) is 15.3. The minimum Gasteiger partial charge on any atom is -0.422 e. The van der Waals surface area contributed by atoms with Crippen LogP contribution in [0.3, 0.4) is 0 Å². The van der Waals surface area contributed by atoms with Gasteiger partial charge < -0.3 is 9.64 Å². The van der Waals surface area contributed by atoms with Crippen LogP contribution in [0.2, 0.25) is 0 Å². The molecule has 0 amide bonds.